The van der Waals surface area contributed by atoms with E-state index in [1.807, 2.05) is 66.7 Å². The van der Waals surface area contributed by atoms with Crippen molar-refractivity contribution in [3.8, 4) is 5.75 Å². The van der Waals surface area contributed by atoms with E-state index in [4.69, 9.17) is 9.47 Å². The Hall–Kier alpha value is -2.81. The fourth-order valence-corrected chi connectivity index (χ4v) is 1.99. The molecule has 0 aliphatic rings. The third-order valence-electron chi connectivity index (χ3n) is 3.29. The third kappa shape index (κ3) is 4.85. The van der Waals surface area contributed by atoms with Gasteiger partial charge in [-0.1, -0.05) is 55.1 Å². The molecule has 1 atom stereocenters. The minimum Gasteiger partial charge on any atom is -0.497 e. The van der Waals surface area contributed by atoms with Gasteiger partial charge in [0.15, 0.2) is 0 Å². The van der Waals surface area contributed by atoms with Crippen LogP contribution in [0.3, 0.4) is 0 Å². The van der Waals surface area contributed by atoms with Gasteiger partial charge in [0, 0.05) is 5.57 Å². The zero-order valence-electron chi connectivity index (χ0n) is 13.4. The maximum Gasteiger partial charge on any atom is 0.334 e. The second-order valence-electron chi connectivity index (χ2n) is 5.15. The minimum atomic E-state index is -0.481. The topological polar surface area (TPSA) is 35.5 Å². The molecule has 2 aromatic carbocycles. The maximum atomic E-state index is 11.9. The van der Waals surface area contributed by atoms with Crippen LogP contribution in [0.15, 0.2) is 72.8 Å². The molecule has 3 heteroatoms. The first-order valence-electron chi connectivity index (χ1n) is 7.34. The van der Waals surface area contributed by atoms with Crippen molar-refractivity contribution in [1.82, 2.24) is 0 Å². The van der Waals surface area contributed by atoms with Crippen LogP contribution < -0.4 is 4.74 Å². The quantitative estimate of drug-likeness (QED) is 0.579. The summed E-state index contributed by atoms with van der Waals surface area (Å²) in [6, 6.07) is 17.3. The fourth-order valence-electron chi connectivity index (χ4n) is 1.99. The molecule has 1 unspecified atom stereocenters. The molecule has 0 aromatic heterocycles. The maximum absolute atomic E-state index is 11.9. The number of rotatable bonds is 6. The summed E-state index contributed by atoms with van der Waals surface area (Å²) in [5, 5.41) is 0. The van der Waals surface area contributed by atoms with Crippen molar-refractivity contribution in [3.05, 3.63) is 84.0 Å². The zero-order valence-corrected chi connectivity index (χ0v) is 13.4. The first kappa shape index (κ1) is 16.6. The lowest BCUT2D eigenvalue weighted by Gasteiger charge is -2.15. The molecule has 0 aliphatic heterocycles. The average molecular weight is 308 g/mol. The molecule has 0 fully saturated rings. The zero-order chi connectivity index (χ0) is 16.7. The van der Waals surface area contributed by atoms with Gasteiger partial charge in [0.2, 0.25) is 0 Å². The molecule has 118 valence electrons. The highest BCUT2D eigenvalue weighted by Crippen LogP contribution is 2.24. The Balaban J connectivity index is 2.25. The van der Waals surface area contributed by atoms with Crippen molar-refractivity contribution in [2.45, 2.75) is 13.0 Å². The van der Waals surface area contributed by atoms with Gasteiger partial charge in [-0.05, 0) is 36.3 Å². The fraction of sp³-hybridized carbons (Fsp3) is 0.150. The van der Waals surface area contributed by atoms with Crippen LogP contribution in [0.2, 0.25) is 0 Å². The molecule has 0 saturated heterocycles. The van der Waals surface area contributed by atoms with Crippen LogP contribution in [-0.2, 0) is 9.53 Å². The Morgan fingerprint density at radius 1 is 1.09 bits per heavy atom. The molecule has 0 saturated carbocycles. The molecule has 0 radical (unpaired) electrons. The Morgan fingerprint density at radius 3 is 2.30 bits per heavy atom. The Labute approximate surface area is 136 Å². The average Bonchev–Trinajstić information content (AvgIpc) is 2.59. The lowest BCUT2D eigenvalue weighted by molar-refractivity contribution is -0.142. The molecule has 0 amide bonds. The van der Waals surface area contributed by atoms with E-state index < -0.39 is 12.1 Å². The second-order valence-corrected chi connectivity index (χ2v) is 5.15. The van der Waals surface area contributed by atoms with Gasteiger partial charge in [0.1, 0.15) is 11.9 Å². The van der Waals surface area contributed by atoms with Gasteiger partial charge < -0.3 is 9.47 Å². The van der Waals surface area contributed by atoms with Crippen molar-refractivity contribution in [3.63, 3.8) is 0 Å². The van der Waals surface area contributed by atoms with Gasteiger partial charge >= 0.3 is 5.97 Å². The van der Waals surface area contributed by atoms with Gasteiger partial charge in [0.25, 0.3) is 0 Å². The molecule has 0 aliphatic carbocycles. The van der Waals surface area contributed by atoms with E-state index in [0.29, 0.717) is 5.57 Å². The van der Waals surface area contributed by atoms with E-state index in [1.165, 1.54) is 0 Å². The lowest BCUT2D eigenvalue weighted by Crippen LogP contribution is -2.10. The van der Waals surface area contributed by atoms with E-state index >= 15 is 0 Å². The van der Waals surface area contributed by atoms with E-state index in [9.17, 15) is 4.79 Å². The standard InChI is InChI=1S/C20H20O3/c1-15(2)20(21)23-19(14-9-16-7-5-4-6-8-16)17-10-12-18(22-3)13-11-17/h4-14,19H,1H2,2-3H3/b14-9+. The number of ether oxygens (including phenoxy) is 2. The second kappa shape index (κ2) is 7.99. The van der Waals surface area contributed by atoms with Crippen LogP contribution in [0, 0.1) is 0 Å². The number of hydrogen-bond donors (Lipinski definition) is 0. The molecule has 0 N–H and O–H groups in total. The molecule has 23 heavy (non-hydrogen) atoms. The van der Waals surface area contributed by atoms with Crippen LogP contribution in [0.1, 0.15) is 24.2 Å². The predicted octanol–water partition coefficient (Wildman–Crippen LogP) is 4.57. The summed E-state index contributed by atoms with van der Waals surface area (Å²) in [5.41, 5.74) is 2.28. The molecule has 2 aromatic rings. The highest BCUT2D eigenvalue weighted by Gasteiger charge is 2.14. The van der Waals surface area contributed by atoms with Crippen molar-refractivity contribution in [1.29, 1.82) is 0 Å². The summed E-state index contributed by atoms with van der Waals surface area (Å²) < 4.78 is 10.7. The Morgan fingerprint density at radius 2 is 1.74 bits per heavy atom. The summed E-state index contributed by atoms with van der Waals surface area (Å²) in [4.78, 5) is 11.9. The van der Waals surface area contributed by atoms with Gasteiger partial charge in [-0.25, -0.2) is 4.79 Å². The molecule has 2 rings (SSSR count). The van der Waals surface area contributed by atoms with Crippen LogP contribution in [0.25, 0.3) is 6.08 Å². The van der Waals surface area contributed by atoms with Crippen molar-refractivity contribution >= 4 is 12.0 Å². The number of hydrogen-bond acceptors (Lipinski definition) is 3. The van der Waals surface area contributed by atoms with Gasteiger partial charge in [-0.3, -0.25) is 0 Å². The molecule has 3 nitrogen and oxygen atoms in total. The minimum absolute atomic E-state index is 0.372. The summed E-state index contributed by atoms with van der Waals surface area (Å²) in [7, 11) is 1.61. The Bertz CT molecular complexity index is 685. The van der Waals surface area contributed by atoms with Crippen molar-refractivity contribution < 1.29 is 14.3 Å². The lowest BCUT2D eigenvalue weighted by atomic mass is 10.1. The summed E-state index contributed by atoms with van der Waals surface area (Å²) in [5.74, 6) is 0.342. The summed E-state index contributed by atoms with van der Waals surface area (Å²) in [6.07, 6.45) is 3.31. The first-order chi connectivity index (χ1) is 11.1. The molecule has 0 spiro atoms. The van der Waals surface area contributed by atoms with Crippen LogP contribution in [-0.4, -0.2) is 13.1 Å². The number of esters is 1. The van der Waals surface area contributed by atoms with Gasteiger partial charge in [-0.15, -0.1) is 0 Å². The highest BCUT2D eigenvalue weighted by molar-refractivity contribution is 5.87. The van der Waals surface area contributed by atoms with Gasteiger partial charge in [0.05, 0.1) is 7.11 Å². The Kier molecular flexibility index (Phi) is 5.75. The SMILES string of the molecule is C=C(C)C(=O)OC(/C=C/c1ccccc1)c1ccc(OC)cc1. The number of methoxy groups -OCH3 is 1. The predicted molar refractivity (Wildman–Crippen MR) is 92.1 cm³/mol. The smallest absolute Gasteiger partial charge is 0.334 e. The van der Waals surface area contributed by atoms with Crippen molar-refractivity contribution in [2.75, 3.05) is 7.11 Å². The van der Waals surface area contributed by atoms with Crippen LogP contribution in [0.4, 0.5) is 0 Å². The van der Waals surface area contributed by atoms with E-state index in [-0.39, 0.29) is 0 Å². The molecular formula is C20H20O3. The van der Waals surface area contributed by atoms with E-state index in [2.05, 4.69) is 6.58 Å². The van der Waals surface area contributed by atoms with E-state index in [1.54, 1.807) is 14.0 Å². The summed E-state index contributed by atoms with van der Waals surface area (Å²) in [6.45, 7) is 5.26. The number of carbonyl (C=O) groups is 1. The third-order valence-corrected chi connectivity index (χ3v) is 3.29. The van der Waals surface area contributed by atoms with E-state index in [0.717, 1.165) is 16.9 Å². The normalized spacial score (nSPS) is 11.9. The van der Waals surface area contributed by atoms with Crippen molar-refractivity contribution in [2.24, 2.45) is 0 Å². The molecule has 0 bridgehead atoms. The molecule has 0 heterocycles. The number of carbonyl (C=O) groups excluding carboxylic acids is 1. The largest absolute Gasteiger partial charge is 0.497 e. The van der Waals surface area contributed by atoms with Gasteiger partial charge in [-0.2, -0.15) is 0 Å². The first-order valence-corrected chi connectivity index (χ1v) is 7.34. The van der Waals surface area contributed by atoms with Crippen LogP contribution >= 0.6 is 0 Å². The van der Waals surface area contributed by atoms with Crippen LogP contribution in [0.5, 0.6) is 5.75 Å². The summed E-state index contributed by atoms with van der Waals surface area (Å²) >= 11 is 0. The molecular weight excluding hydrogens is 288 g/mol. The highest BCUT2D eigenvalue weighted by atomic mass is 16.5. The monoisotopic (exact) mass is 308 g/mol. The number of benzene rings is 2.